The highest BCUT2D eigenvalue weighted by molar-refractivity contribution is 7.10. The van der Waals surface area contributed by atoms with Gasteiger partial charge >= 0.3 is 0 Å². The SMILES string of the molecule is COc1cccc([C@H]2CC(=O)Nc3ccsc32)c1OCc1ccccc1F. The maximum absolute atomic E-state index is 14.0. The first-order valence-corrected chi connectivity index (χ1v) is 9.45. The van der Waals surface area contributed by atoms with Crippen LogP contribution in [0.5, 0.6) is 11.5 Å². The Labute approximate surface area is 160 Å². The number of carbonyl (C=O) groups excluding carboxylic acids is 1. The van der Waals surface area contributed by atoms with Gasteiger partial charge in [0.2, 0.25) is 5.91 Å². The van der Waals surface area contributed by atoms with Gasteiger partial charge in [0.25, 0.3) is 0 Å². The van der Waals surface area contributed by atoms with E-state index >= 15 is 0 Å². The highest BCUT2D eigenvalue weighted by Crippen LogP contribution is 2.46. The quantitative estimate of drug-likeness (QED) is 0.678. The molecule has 0 saturated carbocycles. The predicted molar refractivity (Wildman–Crippen MR) is 103 cm³/mol. The van der Waals surface area contributed by atoms with Crippen LogP contribution < -0.4 is 14.8 Å². The van der Waals surface area contributed by atoms with E-state index in [1.54, 1.807) is 42.7 Å². The Morgan fingerprint density at radius 2 is 2.04 bits per heavy atom. The summed E-state index contributed by atoms with van der Waals surface area (Å²) in [5.74, 6) is 0.634. The summed E-state index contributed by atoms with van der Waals surface area (Å²) in [4.78, 5) is 13.3. The maximum atomic E-state index is 14.0. The van der Waals surface area contributed by atoms with Crippen LogP contribution in [-0.2, 0) is 11.4 Å². The number of thiophene rings is 1. The fourth-order valence-corrected chi connectivity index (χ4v) is 4.28. The van der Waals surface area contributed by atoms with Gasteiger partial charge in [0.15, 0.2) is 11.5 Å². The fourth-order valence-electron chi connectivity index (χ4n) is 3.31. The molecule has 4 rings (SSSR count). The Bertz CT molecular complexity index is 985. The van der Waals surface area contributed by atoms with Crippen LogP contribution in [0.1, 0.15) is 28.3 Å². The van der Waals surface area contributed by atoms with Crippen molar-refractivity contribution in [1.82, 2.24) is 0 Å². The van der Waals surface area contributed by atoms with Gasteiger partial charge < -0.3 is 14.8 Å². The van der Waals surface area contributed by atoms with Crippen molar-refractivity contribution in [2.45, 2.75) is 18.9 Å². The molecule has 1 amide bonds. The zero-order valence-electron chi connectivity index (χ0n) is 14.7. The molecule has 3 aromatic rings. The van der Waals surface area contributed by atoms with Gasteiger partial charge in [-0.2, -0.15) is 0 Å². The number of anilines is 1. The van der Waals surface area contributed by atoms with Crippen molar-refractivity contribution >= 4 is 22.9 Å². The Hall–Kier alpha value is -2.86. The van der Waals surface area contributed by atoms with Gasteiger partial charge in [-0.3, -0.25) is 4.79 Å². The average Bonchev–Trinajstić information content (AvgIpc) is 3.15. The topological polar surface area (TPSA) is 47.6 Å². The minimum atomic E-state index is -0.313. The second-order valence-corrected chi connectivity index (χ2v) is 7.21. The number of para-hydroxylation sites is 1. The maximum Gasteiger partial charge on any atom is 0.225 e. The lowest BCUT2D eigenvalue weighted by atomic mass is 9.89. The van der Waals surface area contributed by atoms with Gasteiger partial charge in [-0.25, -0.2) is 4.39 Å². The van der Waals surface area contributed by atoms with E-state index in [1.165, 1.54) is 6.07 Å². The third-order valence-corrected chi connectivity index (χ3v) is 5.64. The molecule has 0 aliphatic carbocycles. The highest BCUT2D eigenvalue weighted by atomic mass is 32.1. The molecule has 2 aromatic carbocycles. The van der Waals surface area contributed by atoms with E-state index in [0.29, 0.717) is 23.5 Å². The molecular weight excluding hydrogens is 365 g/mol. The van der Waals surface area contributed by atoms with Gasteiger partial charge in [-0.1, -0.05) is 30.3 Å². The summed E-state index contributed by atoms with van der Waals surface area (Å²) >= 11 is 1.60. The Balaban J connectivity index is 1.72. The van der Waals surface area contributed by atoms with Crippen molar-refractivity contribution in [3.63, 3.8) is 0 Å². The van der Waals surface area contributed by atoms with Crippen LogP contribution in [0.4, 0.5) is 10.1 Å². The smallest absolute Gasteiger partial charge is 0.225 e. The molecule has 0 fully saturated rings. The summed E-state index contributed by atoms with van der Waals surface area (Å²) in [5, 5.41) is 4.86. The lowest BCUT2D eigenvalue weighted by molar-refractivity contribution is -0.116. The lowest BCUT2D eigenvalue weighted by Crippen LogP contribution is -2.22. The minimum absolute atomic E-state index is 0.0335. The standard InChI is InChI=1S/C21H18FNO3S/c1-25-18-8-4-6-14(15-11-19(24)23-17-9-10-27-21(15)17)20(18)26-12-13-5-2-3-7-16(13)22/h2-10,15H,11-12H2,1H3,(H,23,24)/t15-/m1/s1. The molecule has 0 unspecified atom stereocenters. The van der Waals surface area contributed by atoms with Gasteiger partial charge in [-0.05, 0) is 23.6 Å². The summed E-state index contributed by atoms with van der Waals surface area (Å²) in [6.45, 7) is 0.0796. The Kier molecular flexibility index (Phi) is 4.81. The van der Waals surface area contributed by atoms with Crippen molar-refractivity contribution in [2.75, 3.05) is 12.4 Å². The molecule has 27 heavy (non-hydrogen) atoms. The van der Waals surface area contributed by atoms with Crippen LogP contribution in [-0.4, -0.2) is 13.0 Å². The largest absolute Gasteiger partial charge is 0.493 e. The molecule has 0 bridgehead atoms. The Morgan fingerprint density at radius 3 is 2.85 bits per heavy atom. The zero-order chi connectivity index (χ0) is 18.8. The first kappa shape index (κ1) is 17.5. The van der Waals surface area contributed by atoms with E-state index in [1.807, 2.05) is 23.6 Å². The van der Waals surface area contributed by atoms with Crippen LogP contribution in [0.3, 0.4) is 0 Å². The van der Waals surface area contributed by atoms with Gasteiger partial charge in [-0.15, -0.1) is 11.3 Å². The number of halogens is 1. The third kappa shape index (κ3) is 3.40. The van der Waals surface area contributed by atoms with Crippen molar-refractivity contribution in [3.8, 4) is 11.5 Å². The molecule has 1 aliphatic rings. The molecule has 6 heteroatoms. The highest BCUT2D eigenvalue weighted by Gasteiger charge is 2.31. The molecule has 4 nitrogen and oxygen atoms in total. The van der Waals surface area contributed by atoms with E-state index in [9.17, 15) is 9.18 Å². The molecule has 1 atom stereocenters. The average molecular weight is 383 g/mol. The molecule has 138 valence electrons. The number of ether oxygens (including phenoxy) is 2. The van der Waals surface area contributed by atoms with Crippen LogP contribution in [0.2, 0.25) is 0 Å². The molecule has 0 spiro atoms. The number of hydrogen-bond donors (Lipinski definition) is 1. The van der Waals surface area contributed by atoms with Gasteiger partial charge in [0.1, 0.15) is 12.4 Å². The second-order valence-electron chi connectivity index (χ2n) is 6.26. The number of methoxy groups -OCH3 is 1. The molecule has 0 saturated heterocycles. The molecule has 1 aliphatic heterocycles. The zero-order valence-corrected chi connectivity index (χ0v) is 15.5. The summed E-state index contributed by atoms with van der Waals surface area (Å²) in [5.41, 5.74) is 2.17. The predicted octanol–water partition coefficient (Wildman–Crippen LogP) is 4.95. The molecule has 1 aromatic heterocycles. The van der Waals surface area contributed by atoms with E-state index < -0.39 is 0 Å². The normalized spacial score (nSPS) is 15.8. The van der Waals surface area contributed by atoms with E-state index in [4.69, 9.17) is 9.47 Å². The van der Waals surface area contributed by atoms with Crippen LogP contribution in [0.25, 0.3) is 0 Å². The van der Waals surface area contributed by atoms with E-state index in [-0.39, 0.29) is 24.2 Å². The monoisotopic (exact) mass is 383 g/mol. The van der Waals surface area contributed by atoms with E-state index in [2.05, 4.69) is 5.32 Å². The van der Waals surface area contributed by atoms with Crippen molar-refractivity contribution in [3.05, 3.63) is 75.7 Å². The van der Waals surface area contributed by atoms with Gasteiger partial charge in [0.05, 0.1) is 12.8 Å². The second kappa shape index (κ2) is 7.40. The summed E-state index contributed by atoms with van der Waals surface area (Å²) in [6, 6.07) is 14.0. The van der Waals surface area contributed by atoms with Crippen molar-refractivity contribution < 1.29 is 18.7 Å². The van der Waals surface area contributed by atoms with Gasteiger partial charge in [0, 0.05) is 28.3 Å². The number of fused-ring (bicyclic) bond motifs is 1. The summed E-state index contributed by atoms with van der Waals surface area (Å²) < 4.78 is 25.5. The third-order valence-electron chi connectivity index (χ3n) is 4.61. The van der Waals surface area contributed by atoms with Crippen molar-refractivity contribution in [2.24, 2.45) is 0 Å². The first-order valence-electron chi connectivity index (χ1n) is 8.57. The fraction of sp³-hybridized carbons (Fsp3) is 0.190. The number of rotatable bonds is 5. The number of hydrogen-bond acceptors (Lipinski definition) is 4. The number of amides is 1. The van der Waals surface area contributed by atoms with Crippen LogP contribution >= 0.6 is 11.3 Å². The Morgan fingerprint density at radius 1 is 1.19 bits per heavy atom. The number of nitrogens with one attached hydrogen (secondary N) is 1. The summed E-state index contributed by atoms with van der Waals surface area (Å²) in [6.07, 6.45) is 0.330. The summed E-state index contributed by atoms with van der Waals surface area (Å²) in [7, 11) is 1.57. The molecular formula is C21H18FNO3S. The number of benzene rings is 2. The lowest BCUT2D eigenvalue weighted by Gasteiger charge is -2.25. The van der Waals surface area contributed by atoms with Crippen LogP contribution in [0, 0.1) is 5.82 Å². The minimum Gasteiger partial charge on any atom is -0.493 e. The molecule has 1 N–H and O–H groups in total. The van der Waals surface area contributed by atoms with Crippen LogP contribution in [0.15, 0.2) is 53.9 Å². The first-order chi connectivity index (χ1) is 13.2. The molecule has 2 heterocycles. The molecule has 0 radical (unpaired) electrons. The van der Waals surface area contributed by atoms with Crippen molar-refractivity contribution in [1.29, 1.82) is 0 Å². The van der Waals surface area contributed by atoms with E-state index in [0.717, 1.165) is 16.1 Å². The number of carbonyl (C=O) groups is 1.